The Balaban J connectivity index is 2.45. The highest BCUT2D eigenvalue weighted by atomic mass is 19.1. The van der Waals surface area contributed by atoms with E-state index < -0.39 is 0 Å². The topological polar surface area (TPSA) is 50.9 Å². The van der Waals surface area contributed by atoms with Gasteiger partial charge >= 0.3 is 0 Å². The van der Waals surface area contributed by atoms with Crippen LogP contribution >= 0.6 is 0 Å². The lowest BCUT2D eigenvalue weighted by molar-refractivity contribution is 0.602. The van der Waals surface area contributed by atoms with E-state index in [1.165, 1.54) is 12.1 Å². The van der Waals surface area contributed by atoms with Crippen molar-refractivity contribution in [2.45, 2.75) is 19.9 Å². The number of aryl methyl sites for hydroxylation is 2. The molecule has 94 valence electrons. The van der Waals surface area contributed by atoms with Gasteiger partial charge in [0.05, 0.1) is 6.04 Å². The molecule has 1 heterocycles. The summed E-state index contributed by atoms with van der Waals surface area (Å²) >= 11 is 0. The van der Waals surface area contributed by atoms with Gasteiger partial charge in [-0.15, -0.1) is 0 Å². The SMILES string of the molecule is Cc1ccc(C(NN)c2cccc(F)c2)c(C)n1. The van der Waals surface area contributed by atoms with Crippen LogP contribution in [-0.4, -0.2) is 4.98 Å². The number of rotatable bonds is 3. The van der Waals surface area contributed by atoms with Crippen LogP contribution in [0.25, 0.3) is 0 Å². The van der Waals surface area contributed by atoms with Crippen molar-refractivity contribution < 1.29 is 4.39 Å². The summed E-state index contributed by atoms with van der Waals surface area (Å²) in [6.07, 6.45) is 0. The summed E-state index contributed by atoms with van der Waals surface area (Å²) in [6, 6.07) is 10.0. The molecule has 0 fully saturated rings. The summed E-state index contributed by atoms with van der Waals surface area (Å²) in [7, 11) is 0. The van der Waals surface area contributed by atoms with E-state index in [1.807, 2.05) is 32.0 Å². The van der Waals surface area contributed by atoms with Crippen LogP contribution in [0.15, 0.2) is 36.4 Å². The predicted molar refractivity (Wildman–Crippen MR) is 69.3 cm³/mol. The Morgan fingerprint density at radius 2 is 2.00 bits per heavy atom. The zero-order valence-corrected chi connectivity index (χ0v) is 10.4. The molecule has 3 nitrogen and oxygen atoms in total. The first kappa shape index (κ1) is 12.7. The third-order valence-electron chi connectivity index (χ3n) is 2.93. The summed E-state index contributed by atoms with van der Waals surface area (Å²) in [5, 5.41) is 0. The van der Waals surface area contributed by atoms with Crippen LogP contribution in [0.1, 0.15) is 28.6 Å². The molecule has 0 aliphatic heterocycles. The number of halogens is 1. The molecule has 1 aromatic carbocycles. The third-order valence-corrected chi connectivity index (χ3v) is 2.93. The fourth-order valence-electron chi connectivity index (χ4n) is 2.05. The van der Waals surface area contributed by atoms with Gasteiger partial charge in [0.1, 0.15) is 5.82 Å². The summed E-state index contributed by atoms with van der Waals surface area (Å²) in [5.41, 5.74) is 6.29. The second-order valence-electron chi connectivity index (χ2n) is 4.28. The van der Waals surface area contributed by atoms with Gasteiger partial charge in [-0.3, -0.25) is 10.8 Å². The van der Waals surface area contributed by atoms with E-state index >= 15 is 0 Å². The maximum Gasteiger partial charge on any atom is 0.123 e. The summed E-state index contributed by atoms with van der Waals surface area (Å²) < 4.78 is 13.3. The lowest BCUT2D eigenvalue weighted by atomic mass is 9.98. The molecule has 18 heavy (non-hydrogen) atoms. The number of benzene rings is 1. The molecule has 2 aromatic rings. The van der Waals surface area contributed by atoms with E-state index in [0.29, 0.717) is 0 Å². The molecule has 1 unspecified atom stereocenters. The van der Waals surface area contributed by atoms with Crippen LogP contribution in [0.2, 0.25) is 0 Å². The highest BCUT2D eigenvalue weighted by Gasteiger charge is 2.15. The molecule has 0 aliphatic rings. The van der Waals surface area contributed by atoms with E-state index in [-0.39, 0.29) is 11.9 Å². The number of nitrogens with one attached hydrogen (secondary N) is 1. The molecule has 1 atom stereocenters. The monoisotopic (exact) mass is 245 g/mol. The van der Waals surface area contributed by atoms with Gasteiger partial charge in [-0.2, -0.15) is 0 Å². The summed E-state index contributed by atoms with van der Waals surface area (Å²) in [4.78, 5) is 4.40. The Kier molecular flexibility index (Phi) is 3.69. The van der Waals surface area contributed by atoms with Gasteiger partial charge in [0.2, 0.25) is 0 Å². The van der Waals surface area contributed by atoms with Crippen molar-refractivity contribution >= 4 is 0 Å². The highest BCUT2D eigenvalue weighted by molar-refractivity contribution is 5.34. The summed E-state index contributed by atoms with van der Waals surface area (Å²) in [5.74, 6) is 5.32. The van der Waals surface area contributed by atoms with Crippen molar-refractivity contribution in [3.8, 4) is 0 Å². The standard InChI is InChI=1S/C14H16FN3/c1-9-6-7-13(10(2)17-9)14(18-16)11-4-3-5-12(15)8-11/h3-8,14,18H,16H2,1-2H3. The number of nitrogens with two attached hydrogens (primary N) is 1. The smallest absolute Gasteiger partial charge is 0.123 e. The predicted octanol–water partition coefficient (Wildman–Crippen LogP) is 2.39. The molecular formula is C14H16FN3. The molecule has 0 aliphatic carbocycles. The average Bonchev–Trinajstić information content (AvgIpc) is 2.33. The molecule has 2 rings (SSSR count). The zero-order chi connectivity index (χ0) is 13.1. The maximum atomic E-state index is 13.3. The van der Waals surface area contributed by atoms with Crippen molar-refractivity contribution in [1.82, 2.24) is 10.4 Å². The highest BCUT2D eigenvalue weighted by Crippen LogP contribution is 2.24. The van der Waals surface area contributed by atoms with Gasteiger partial charge in [0, 0.05) is 11.4 Å². The fourth-order valence-corrected chi connectivity index (χ4v) is 2.05. The number of hydrazine groups is 1. The van der Waals surface area contributed by atoms with Crippen molar-refractivity contribution in [2.75, 3.05) is 0 Å². The van der Waals surface area contributed by atoms with Gasteiger partial charge in [0.25, 0.3) is 0 Å². The minimum Gasteiger partial charge on any atom is -0.271 e. The first-order valence-corrected chi connectivity index (χ1v) is 5.77. The van der Waals surface area contributed by atoms with Gasteiger partial charge in [-0.1, -0.05) is 18.2 Å². The molecule has 4 heteroatoms. The van der Waals surface area contributed by atoms with Crippen molar-refractivity contribution in [1.29, 1.82) is 0 Å². The van der Waals surface area contributed by atoms with Crippen molar-refractivity contribution in [2.24, 2.45) is 5.84 Å². The van der Waals surface area contributed by atoms with Crippen LogP contribution in [0.3, 0.4) is 0 Å². The molecular weight excluding hydrogens is 229 g/mol. The first-order valence-electron chi connectivity index (χ1n) is 5.77. The molecule has 0 radical (unpaired) electrons. The van der Waals surface area contributed by atoms with E-state index in [9.17, 15) is 4.39 Å². The van der Waals surface area contributed by atoms with E-state index in [1.54, 1.807) is 6.07 Å². The van der Waals surface area contributed by atoms with Crippen LogP contribution in [-0.2, 0) is 0 Å². The Labute approximate surface area is 106 Å². The minimum absolute atomic E-state index is 0.256. The van der Waals surface area contributed by atoms with Gasteiger partial charge in [-0.25, -0.2) is 9.82 Å². The van der Waals surface area contributed by atoms with E-state index in [4.69, 9.17) is 5.84 Å². The Morgan fingerprint density at radius 1 is 1.22 bits per heavy atom. The largest absolute Gasteiger partial charge is 0.271 e. The normalized spacial score (nSPS) is 12.4. The van der Waals surface area contributed by atoms with E-state index in [0.717, 1.165) is 22.5 Å². The minimum atomic E-state index is -0.273. The summed E-state index contributed by atoms with van der Waals surface area (Å²) in [6.45, 7) is 3.86. The Morgan fingerprint density at radius 3 is 2.61 bits per heavy atom. The number of aromatic nitrogens is 1. The van der Waals surface area contributed by atoms with Crippen LogP contribution in [0, 0.1) is 19.7 Å². The average molecular weight is 245 g/mol. The second-order valence-corrected chi connectivity index (χ2v) is 4.28. The fraction of sp³-hybridized carbons (Fsp3) is 0.214. The Bertz CT molecular complexity index is 554. The number of nitrogens with zero attached hydrogens (tertiary/aromatic N) is 1. The zero-order valence-electron chi connectivity index (χ0n) is 10.4. The van der Waals surface area contributed by atoms with Gasteiger partial charge in [-0.05, 0) is 43.2 Å². The molecule has 0 bridgehead atoms. The van der Waals surface area contributed by atoms with Gasteiger partial charge < -0.3 is 0 Å². The number of hydrogen-bond acceptors (Lipinski definition) is 3. The quantitative estimate of drug-likeness (QED) is 0.645. The second kappa shape index (κ2) is 5.25. The molecule has 0 saturated heterocycles. The Hall–Kier alpha value is -1.78. The van der Waals surface area contributed by atoms with Crippen LogP contribution < -0.4 is 11.3 Å². The van der Waals surface area contributed by atoms with Crippen molar-refractivity contribution in [3.63, 3.8) is 0 Å². The van der Waals surface area contributed by atoms with Crippen LogP contribution in [0.4, 0.5) is 4.39 Å². The van der Waals surface area contributed by atoms with Crippen LogP contribution in [0.5, 0.6) is 0 Å². The number of pyridine rings is 1. The lowest BCUT2D eigenvalue weighted by Crippen LogP contribution is -2.29. The number of hydrogen-bond donors (Lipinski definition) is 2. The van der Waals surface area contributed by atoms with E-state index in [2.05, 4.69) is 10.4 Å². The molecule has 3 N–H and O–H groups in total. The molecule has 0 spiro atoms. The molecule has 0 amide bonds. The molecule has 1 aromatic heterocycles. The first-order chi connectivity index (χ1) is 8.61. The third kappa shape index (κ3) is 2.55. The lowest BCUT2D eigenvalue weighted by Gasteiger charge is -2.18. The van der Waals surface area contributed by atoms with Crippen molar-refractivity contribution in [3.05, 3.63) is 64.7 Å². The van der Waals surface area contributed by atoms with Gasteiger partial charge in [0.15, 0.2) is 0 Å². The molecule has 0 saturated carbocycles. The maximum absolute atomic E-state index is 13.3.